The summed E-state index contributed by atoms with van der Waals surface area (Å²) in [6, 6.07) is 6.24. The zero-order valence-corrected chi connectivity index (χ0v) is 9.77. The van der Waals surface area contributed by atoms with Gasteiger partial charge in [-0.1, -0.05) is 6.07 Å². The van der Waals surface area contributed by atoms with Crippen LogP contribution in [0.2, 0.25) is 0 Å². The van der Waals surface area contributed by atoms with Crippen LogP contribution in [-0.2, 0) is 6.54 Å². The van der Waals surface area contributed by atoms with Crippen LogP contribution in [0.15, 0.2) is 18.2 Å². The fourth-order valence-corrected chi connectivity index (χ4v) is 1.91. The Kier molecular flexibility index (Phi) is 3.31. The smallest absolute Gasteiger partial charge is 0.231 e. The number of fused-ring (bicyclic) bond motifs is 1. The zero-order chi connectivity index (χ0) is 11.5. The van der Waals surface area contributed by atoms with Crippen molar-refractivity contribution in [1.82, 2.24) is 4.90 Å². The summed E-state index contributed by atoms with van der Waals surface area (Å²) < 4.78 is 10.6. The maximum Gasteiger partial charge on any atom is 0.231 e. The van der Waals surface area contributed by atoms with Gasteiger partial charge in [-0.25, -0.2) is 0 Å². The molecule has 0 spiro atoms. The Morgan fingerprint density at radius 1 is 1.38 bits per heavy atom. The first-order chi connectivity index (χ1) is 7.65. The Morgan fingerprint density at radius 2 is 2.12 bits per heavy atom. The third-order valence-electron chi connectivity index (χ3n) is 2.49. The third-order valence-corrected chi connectivity index (χ3v) is 2.49. The van der Waals surface area contributed by atoms with Crippen molar-refractivity contribution in [3.63, 3.8) is 0 Å². The molecule has 2 rings (SSSR count). The van der Waals surface area contributed by atoms with Crippen LogP contribution in [0.5, 0.6) is 11.5 Å². The fourth-order valence-electron chi connectivity index (χ4n) is 1.91. The second kappa shape index (κ2) is 4.72. The molecule has 2 N–H and O–H groups in total. The molecule has 0 radical (unpaired) electrons. The normalized spacial score (nSPS) is 15.5. The minimum Gasteiger partial charge on any atom is -0.454 e. The number of hydrogen-bond donors (Lipinski definition) is 1. The van der Waals surface area contributed by atoms with Gasteiger partial charge in [-0.2, -0.15) is 0 Å². The summed E-state index contributed by atoms with van der Waals surface area (Å²) in [5, 5.41) is 0. The second-order valence-electron chi connectivity index (χ2n) is 4.36. The third kappa shape index (κ3) is 2.65. The molecular formula is C12H18N2O2. The van der Waals surface area contributed by atoms with E-state index in [9.17, 15) is 0 Å². The summed E-state index contributed by atoms with van der Waals surface area (Å²) in [6.45, 7) is 4.09. The van der Waals surface area contributed by atoms with Crippen molar-refractivity contribution < 1.29 is 9.47 Å². The van der Waals surface area contributed by atoms with Crippen molar-refractivity contribution in [1.29, 1.82) is 0 Å². The van der Waals surface area contributed by atoms with Crippen LogP contribution < -0.4 is 15.2 Å². The molecule has 1 unspecified atom stereocenters. The Balaban J connectivity index is 1.99. The van der Waals surface area contributed by atoms with Gasteiger partial charge in [-0.05, 0) is 31.7 Å². The van der Waals surface area contributed by atoms with E-state index < -0.39 is 0 Å². The lowest BCUT2D eigenvalue weighted by Crippen LogP contribution is -2.32. The van der Waals surface area contributed by atoms with Gasteiger partial charge in [-0.15, -0.1) is 0 Å². The lowest BCUT2D eigenvalue weighted by molar-refractivity contribution is 0.174. The van der Waals surface area contributed by atoms with Crippen LogP contribution >= 0.6 is 0 Å². The predicted molar refractivity (Wildman–Crippen MR) is 62.5 cm³/mol. The standard InChI is InChI=1S/C12H18N2O2/c1-9(13)6-14(2)7-10-3-4-11-12(5-10)16-8-15-11/h3-5,9H,6-8,13H2,1-2H3. The zero-order valence-electron chi connectivity index (χ0n) is 9.77. The number of nitrogens with two attached hydrogens (primary N) is 1. The lowest BCUT2D eigenvalue weighted by Gasteiger charge is -2.18. The molecule has 0 aliphatic carbocycles. The van der Waals surface area contributed by atoms with Crippen molar-refractivity contribution in [3.8, 4) is 11.5 Å². The van der Waals surface area contributed by atoms with E-state index in [4.69, 9.17) is 15.2 Å². The molecule has 1 atom stereocenters. The summed E-state index contributed by atoms with van der Waals surface area (Å²) >= 11 is 0. The quantitative estimate of drug-likeness (QED) is 0.831. The summed E-state index contributed by atoms with van der Waals surface area (Å²) in [5.41, 5.74) is 6.97. The van der Waals surface area contributed by atoms with Gasteiger partial charge in [0.1, 0.15) is 0 Å². The second-order valence-corrected chi connectivity index (χ2v) is 4.36. The van der Waals surface area contributed by atoms with Crippen LogP contribution in [0, 0.1) is 0 Å². The molecule has 1 heterocycles. The van der Waals surface area contributed by atoms with E-state index in [1.165, 1.54) is 5.56 Å². The molecule has 0 bridgehead atoms. The first kappa shape index (κ1) is 11.2. The van der Waals surface area contributed by atoms with Crippen LogP contribution in [0.4, 0.5) is 0 Å². The minimum atomic E-state index is 0.194. The monoisotopic (exact) mass is 222 g/mol. The molecule has 0 saturated heterocycles. The van der Waals surface area contributed by atoms with E-state index in [0.717, 1.165) is 24.6 Å². The molecule has 16 heavy (non-hydrogen) atoms. The van der Waals surface area contributed by atoms with Gasteiger partial charge in [0.25, 0.3) is 0 Å². The van der Waals surface area contributed by atoms with Crippen LogP contribution in [0.1, 0.15) is 12.5 Å². The van der Waals surface area contributed by atoms with Gasteiger partial charge in [0.15, 0.2) is 11.5 Å². The van der Waals surface area contributed by atoms with Gasteiger partial charge in [0, 0.05) is 19.1 Å². The number of benzene rings is 1. The Morgan fingerprint density at radius 3 is 2.88 bits per heavy atom. The molecule has 0 fully saturated rings. The van der Waals surface area contributed by atoms with Crippen molar-refractivity contribution in [2.75, 3.05) is 20.4 Å². The highest BCUT2D eigenvalue weighted by molar-refractivity contribution is 5.44. The maximum atomic E-state index is 5.75. The summed E-state index contributed by atoms with van der Waals surface area (Å²) in [7, 11) is 2.06. The molecule has 0 aromatic heterocycles. The van der Waals surface area contributed by atoms with E-state index in [0.29, 0.717) is 6.79 Å². The van der Waals surface area contributed by atoms with Gasteiger partial charge in [0.05, 0.1) is 0 Å². The number of nitrogens with zero attached hydrogens (tertiary/aromatic N) is 1. The molecule has 1 aromatic rings. The Labute approximate surface area is 95.9 Å². The molecule has 1 aliphatic rings. The molecule has 88 valence electrons. The van der Waals surface area contributed by atoms with Crippen LogP contribution in [0.25, 0.3) is 0 Å². The van der Waals surface area contributed by atoms with Crippen LogP contribution in [-0.4, -0.2) is 31.3 Å². The van der Waals surface area contributed by atoms with Gasteiger partial charge in [0.2, 0.25) is 6.79 Å². The minimum absolute atomic E-state index is 0.194. The predicted octanol–water partition coefficient (Wildman–Crippen LogP) is 1.19. The van der Waals surface area contributed by atoms with E-state index >= 15 is 0 Å². The number of hydrogen-bond acceptors (Lipinski definition) is 4. The SMILES string of the molecule is CC(N)CN(C)Cc1ccc2c(c1)OCO2. The topological polar surface area (TPSA) is 47.7 Å². The maximum absolute atomic E-state index is 5.75. The Hall–Kier alpha value is -1.26. The molecule has 0 amide bonds. The summed E-state index contributed by atoms with van der Waals surface area (Å²) in [6.07, 6.45) is 0. The summed E-state index contributed by atoms with van der Waals surface area (Å²) in [5.74, 6) is 1.67. The van der Waals surface area contributed by atoms with Crippen LogP contribution in [0.3, 0.4) is 0 Å². The van der Waals surface area contributed by atoms with Gasteiger partial charge < -0.3 is 20.1 Å². The number of likely N-dealkylation sites (N-methyl/N-ethyl adjacent to an activating group) is 1. The van der Waals surface area contributed by atoms with E-state index in [1.807, 2.05) is 19.1 Å². The van der Waals surface area contributed by atoms with Crippen molar-refractivity contribution in [3.05, 3.63) is 23.8 Å². The van der Waals surface area contributed by atoms with Crippen molar-refractivity contribution >= 4 is 0 Å². The van der Waals surface area contributed by atoms with Gasteiger partial charge >= 0.3 is 0 Å². The highest BCUT2D eigenvalue weighted by Crippen LogP contribution is 2.32. The molecule has 4 nitrogen and oxygen atoms in total. The summed E-state index contributed by atoms with van der Waals surface area (Å²) in [4.78, 5) is 2.20. The van der Waals surface area contributed by atoms with Gasteiger partial charge in [-0.3, -0.25) is 0 Å². The average molecular weight is 222 g/mol. The molecule has 1 aliphatic heterocycles. The molecule has 1 aromatic carbocycles. The number of rotatable bonds is 4. The largest absolute Gasteiger partial charge is 0.454 e. The first-order valence-corrected chi connectivity index (χ1v) is 5.48. The van der Waals surface area contributed by atoms with Crippen molar-refractivity contribution in [2.24, 2.45) is 5.73 Å². The van der Waals surface area contributed by atoms with E-state index in [-0.39, 0.29) is 6.04 Å². The fraction of sp³-hybridized carbons (Fsp3) is 0.500. The lowest BCUT2D eigenvalue weighted by atomic mass is 10.2. The molecule has 4 heteroatoms. The van der Waals surface area contributed by atoms with E-state index in [2.05, 4.69) is 18.0 Å². The molecular weight excluding hydrogens is 204 g/mol. The Bertz CT molecular complexity index is 366. The first-order valence-electron chi connectivity index (χ1n) is 5.48. The average Bonchev–Trinajstić information content (AvgIpc) is 2.63. The van der Waals surface area contributed by atoms with Crippen molar-refractivity contribution in [2.45, 2.75) is 19.5 Å². The molecule has 0 saturated carbocycles. The number of ether oxygens (including phenoxy) is 2. The highest BCUT2D eigenvalue weighted by atomic mass is 16.7. The highest BCUT2D eigenvalue weighted by Gasteiger charge is 2.13. The van der Waals surface area contributed by atoms with E-state index in [1.54, 1.807) is 0 Å².